The lowest BCUT2D eigenvalue weighted by Crippen LogP contribution is -2.28. The van der Waals surface area contributed by atoms with Crippen LogP contribution in [0.5, 0.6) is 5.75 Å². The van der Waals surface area contributed by atoms with Crippen LogP contribution in [0, 0.1) is 0 Å². The number of rotatable bonds is 5. The Morgan fingerprint density at radius 1 is 1.27 bits per heavy atom. The molecule has 26 heavy (non-hydrogen) atoms. The van der Waals surface area contributed by atoms with Crippen molar-refractivity contribution in [1.82, 2.24) is 5.32 Å². The predicted molar refractivity (Wildman–Crippen MR) is 107 cm³/mol. The fourth-order valence-electron chi connectivity index (χ4n) is 2.34. The number of benzene rings is 2. The zero-order chi connectivity index (χ0) is 18.5. The first kappa shape index (κ1) is 18.5. The Morgan fingerprint density at radius 2 is 2.00 bits per heavy atom. The zero-order valence-electron chi connectivity index (χ0n) is 13.9. The Morgan fingerprint density at radius 3 is 2.73 bits per heavy atom. The minimum absolute atomic E-state index is 0.0670. The lowest BCUT2D eigenvalue weighted by Gasteiger charge is -2.07. The van der Waals surface area contributed by atoms with E-state index in [0.717, 1.165) is 4.47 Å². The number of amidine groups is 1. The Bertz CT molecular complexity index is 855. The van der Waals surface area contributed by atoms with Gasteiger partial charge in [-0.15, -0.1) is 0 Å². The maximum absolute atomic E-state index is 12.2. The van der Waals surface area contributed by atoms with E-state index in [1.54, 1.807) is 31.4 Å². The Labute approximate surface area is 163 Å². The number of thioether (sulfide) groups is 1. The first-order valence-corrected chi connectivity index (χ1v) is 9.47. The van der Waals surface area contributed by atoms with Crippen LogP contribution < -0.4 is 15.4 Å². The first-order chi connectivity index (χ1) is 12.5. The Hall–Kier alpha value is -2.32. The van der Waals surface area contributed by atoms with Gasteiger partial charge in [0.2, 0.25) is 11.8 Å². The summed E-state index contributed by atoms with van der Waals surface area (Å²) >= 11 is 4.58. The number of amides is 2. The van der Waals surface area contributed by atoms with Crippen molar-refractivity contribution >= 4 is 56.0 Å². The van der Waals surface area contributed by atoms with Gasteiger partial charge in [-0.25, -0.2) is 4.99 Å². The van der Waals surface area contributed by atoms with Gasteiger partial charge in [0.1, 0.15) is 16.7 Å². The van der Waals surface area contributed by atoms with Gasteiger partial charge in [-0.3, -0.25) is 9.59 Å². The lowest BCUT2D eigenvalue weighted by molar-refractivity contribution is -0.122. The monoisotopic (exact) mass is 433 g/mol. The predicted octanol–water partition coefficient (Wildman–Crippen LogP) is 3.71. The molecule has 1 fully saturated rings. The average Bonchev–Trinajstić information content (AvgIpc) is 2.96. The van der Waals surface area contributed by atoms with Gasteiger partial charge in [0, 0.05) is 16.6 Å². The summed E-state index contributed by atoms with van der Waals surface area (Å²) in [6.07, 6.45) is 0.0670. The number of nitrogens with one attached hydrogen (secondary N) is 2. The van der Waals surface area contributed by atoms with E-state index in [1.165, 1.54) is 11.8 Å². The van der Waals surface area contributed by atoms with Gasteiger partial charge in [-0.1, -0.05) is 39.8 Å². The summed E-state index contributed by atoms with van der Waals surface area (Å²) in [4.78, 5) is 28.7. The molecule has 6 nitrogen and oxygen atoms in total. The topological polar surface area (TPSA) is 79.8 Å². The third kappa shape index (κ3) is 4.64. The molecular weight excluding hydrogens is 418 g/mol. The van der Waals surface area contributed by atoms with Crippen molar-refractivity contribution < 1.29 is 14.3 Å². The maximum Gasteiger partial charge on any atom is 0.240 e. The second-order valence-corrected chi connectivity index (χ2v) is 7.55. The summed E-state index contributed by atoms with van der Waals surface area (Å²) in [6, 6.07) is 14.5. The van der Waals surface area contributed by atoms with E-state index in [-0.39, 0.29) is 18.2 Å². The molecule has 1 saturated heterocycles. The smallest absolute Gasteiger partial charge is 0.240 e. The first-order valence-electron chi connectivity index (χ1n) is 7.80. The summed E-state index contributed by atoms with van der Waals surface area (Å²) in [6.45, 7) is 0. The maximum atomic E-state index is 12.2. The van der Waals surface area contributed by atoms with Crippen LogP contribution in [-0.2, 0) is 9.59 Å². The molecule has 0 spiro atoms. The number of hydrogen-bond acceptors (Lipinski definition) is 5. The minimum atomic E-state index is -0.515. The van der Waals surface area contributed by atoms with Gasteiger partial charge in [-0.05, 0) is 36.4 Å². The van der Waals surface area contributed by atoms with Crippen LogP contribution in [-0.4, -0.2) is 29.3 Å². The van der Waals surface area contributed by atoms with Gasteiger partial charge in [0.05, 0.1) is 7.11 Å². The number of hydrogen-bond donors (Lipinski definition) is 2. The molecule has 8 heteroatoms. The van der Waals surface area contributed by atoms with Crippen LogP contribution in [0.2, 0.25) is 0 Å². The van der Waals surface area contributed by atoms with Gasteiger partial charge in [0.25, 0.3) is 0 Å². The molecule has 1 aliphatic rings. The number of halogens is 1. The van der Waals surface area contributed by atoms with Crippen molar-refractivity contribution in [1.29, 1.82) is 0 Å². The molecule has 1 aliphatic heterocycles. The molecule has 1 heterocycles. The van der Waals surface area contributed by atoms with E-state index in [1.807, 2.05) is 24.3 Å². The van der Waals surface area contributed by atoms with Gasteiger partial charge in [0.15, 0.2) is 5.17 Å². The van der Waals surface area contributed by atoms with Crippen molar-refractivity contribution in [2.45, 2.75) is 11.7 Å². The fourth-order valence-corrected chi connectivity index (χ4v) is 3.58. The third-order valence-corrected chi connectivity index (χ3v) is 5.19. The van der Waals surface area contributed by atoms with Crippen molar-refractivity contribution in [2.75, 3.05) is 12.4 Å². The number of ether oxygens (including phenoxy) is 1. The van der Waals surface area contributed by atoms with E-state index < -0.39 is 5.25 Å². The number of aliphatic imine (C=N–C) groups is 1. The van der Waals surface area contributed by atoms with Crippen molar-refractivity contribution in [3.05, 3.63) is 53.0 Å². The highest BCUT2D eigenvalue weighted by atomic mass is 79.9. The number of carbonyl (C=O) groups is 2. The fraction of sp³-hybridized carbons (Fsp3) is 0.167. The summed E-state index contributed by atoms with van der Waals surface area (Å²) < 4.78 is 6.18. The molecule has 1 unspecified atom stereocenters. The molecule has 0 radical (unpaired) electrons. The molecule has 1 atom stereocenters. The summed E-state index contributed by atoms with van der Waals surface area (Å²) in [5, 5.41) is 5.44. The Kier molecular flexibility index (Phi) is 5.95. The van der Waals surface area contributed by atoms with Crippen LogP contribution in [0.1, 0.15) is 6.42 Å². The molecule has 134 valence electrons. The summed E-state index contributed by atoms with van der Waals surface area (Å²) in [5.74, 6) is 0.166. The normalized spacial score (nSPS) is 17.8. The van der Waals surface area contributed by atoms with Crippen LogP contribution in [0.15, 0.2) is 58.0 Å². The van der Waals surface area contributed by atoms with E-state index >= 15 is 0 Å². The van der Waals surface area contributed by atoms with Gasteiger partial charge in [-0.2, -0.15) is 0 Å². The molecule has 0 bridgehead atoms. The molecule has 0 saturated carbocycles. The molecule has 0 aliphatic carbocycles. The Balaban J connectivity index is 1.63. The van der Waals surface area contributed by atoms with Crippen molar-refractivity contribution in [3.63, 3.8) is 0 Å². The highest BCUT2D eigenvalue weighted by molar-refractivity contribution is 9.10. The van der Waals surface area contributed by atoms with Gasteiger partial charge >= 0.3 is 0 Å². The third-order valence-electron chi connectivity index (χ3n) is 3.58. The molecule has 2 aromatic carbocycles. The van der Waals surface area contributed by atoms with Crippen LogP contribution in [0.25, 0.3) is 0 Å². The molecular formula is C18H16BrN3O3S. The quantitative estimate of drug-likeness (QED) is 0.752. The van der Waals surface area contributed by atoms with Crippen LogP contribution in [0.4, 0.5) is 11.4 Å². The highest BCUT2D eigenvalue weighted by Crippen LogP contribution is 2.30. The SMILES string of the molecule is COc1ccccc1N=C1NC(=O)C(CC(=O)Nc2ccc(Br)cc2)S1. The van der Waals surface area contributed by atoms with E-state index in [9.17, 15) is 9.59 Å². The van der Waals surface area contributed by atoms with Crippen molar-refractivity contribution in [2.24, 2.45) is 4.99 Å². The average molecular weight is 434 g/mol. The van der Waals surface area contributed by atoms with E-state index in [4.69, 9.17) is 4.74 Å². The van der Waals surface area contributed by atoms with E-state index in [2.05, 4.69) is 31.6 Å². The second-order valence-electron chi connectivity index (χ2n) is 5.44. The molecule has 2 amide bonds. The zero-order valence-corrected chi connectivity index (χ0v) is 16.3. The number of para-hydroxylation sites is 2. The lowest BCUT2D eigenvalue weighted by atomic mass is 10.2. The number of nitrogens with zero attached hydrogens (tertiary/aromatic N) is 1. The van der Waals surface area contributed by atoms with E-state index in [0.29, 0.717) is 22.3 Å². The summed E-state index contributed by atoms with van der Waals surface area (Å²) in [5.41, 5.74) is 1.31. The number of carbonyl (C=O) groups excluding carboxylic acids is 2. The highest BCUT2D eigenvalue weighted by Gasteiger charge is 2.32. The van der Waals surface area contributed by atoms with Gasteiger partial charge < -0.3 is 15.4 Å². The second kappa shape index (κ2) is 8.37. The molecule has 2 aromatic rings. The molecule has 0 aromatic heterocycles. The molecule has 3 rings (SSSR count). The number of anilines is 1. The van der Waals surface area contributed by atoms with Crippen LogP contribution in [0.3, 0.4) is 0 Å². The summed E-state index contributed by atoms with van der Waals surface area (Å²) in [7, 11) is 1.56. The largest absolute Gasteiger partial charge is 0.494 e. The van der Waals surface area contributed by atoms with Crippen LogP contribution >= 0.6 is 27.7 Å². The van der Waals surface area contributed by atoms with Crippen molar-refractivity contribution in [3.8, 4) is 5.75 Å². The minimum Gasteiger partial charge on any atom is -0.494 e. The molecule has 2 N–H and O–H groups in total. The standard InChI is InChI=1S/C18H16BrN3O3S/c1-25-14-5-3-2-4-13(14)21-18-22-17(24)15(26-18)10-16(23)20-12-8-6-11(19)7-9-12/h2-9,15H,10H2,1H3,(H,20,23)(H,21,22,24). The number of methoxy groups -OCH3 is 1.